The molecule has 0 radical (unpaired) electrons. The predicted octanol–water partition coefficient (Wildman–Crippen LogP) is 2.13. The molecule has 2 rings (SSSR count). The minimum atomic E-state index is -3.49. The summed E-state index contributed by atoms with van der Waals surface area (Å²) in [5.74, 6) is 1.95. The third-order valence-electron chi connectivity index (χ3n) is 3.75. The lowest BCUT2D eigenvalue weighted by Crippen LogP contribution is -2.30. The molecule has 5 nitrogen and oxygen atoms in total. The fourth-order valence-corrected chi connectivity index (χ4v) is 4.43. The standard InChI is InChI=1S/C14H24N2O3S2/c1-10-13(9-15-12-5-6-12)14(11(2)19-10)21(17,18)16(3)7-8-20-4/h12,15H,5-9H2,1-4H3. The molecule has 1 aliphatic rings. The van der Waals surface area contributed by atoms with Crippen LogP contribution in [0.25, 0.3) is 0 Å². The fourth-order valence-electron chi connectivity index (χ4n) is 2.28. The zero-order valence-corrected chi connectivity index (χ0v) is 14.7. The molecule has 0 amide bonds. The molecular weight excluding hydrogens is 308 g/mol. The van der Waals surface area contributed by atoms with E-state index in [-0.39, 0.29) is 0 Å². The van der Waals surface area contributed by atoms with E-state index in [9.17, 15) is 8.42 Å². The zero-order chi connectivity index (χ0) is 15.6. The summed E-state index contributed by atoms with van der Waals surface area (Å²) in [5, 5.41) is 3.37. The smallest absolute Gasteiger partial charge is 0.246 e. The summed E-state index contributed by atoms with van der Waals surface area (Å²) in [6, 6.07) is 0.532. The second-order valence-corrected chi connectivity index (χ2v) is 8.46. The van der Waals surface area contributed by atoms with Crippen molar-refractivity contribution in [1.29, 1.82) is 0 Å². The number of hydrogen-bond acceptors (Lipinski definition) is 5. The van der Waals surface area contributed by atoms with Gasteiger partial charge in [0.15, 0.2) is 0 Å². The highest BCUT2D eigenvalue weighted by molar-refractivity contribution is 7.98. The van der Waals surface area contributed by atoms with E-state index in [4.69, 9.17) is 4.42 Å². The number of nitrogens with zero attached hydrogens (tertiary/aromatic N) is 1. The van der Waals surface area contributed by atoms with Crippen LogP contribution < -0.4 is 5.32 Å². The Morgan fingerprint density at radius 2 is 2.00 bits per heavy atom. The third-order valence-corrected chi connectivity index (χ3v) is 6.39. The third kappa shape index (κ3) is 3.83. The zero-order valence-electron chi connectivity index (χ0n) is 13.1. The number of aryl methyl sites for hydroxylation is 2. The molecule has 0 aliphatic heterocycles. The van der Waals surface area contributed by atoms with Gasteiger partial charge >= 0.3 is 0 Å². The number of rotatable bonds is 8. The van der Waals surface area contributed by atoms with E-state index in [2.05, 4.69) is 5.32 Å². The second kappa shape index (κ2) is 6.73. The first kappa shape index (κ1) is 16.9. The first-order chi connectivity index (χ1) is 9.87. The number of hydrogen-bond donors (Lipinski definition) is 1. The SMILES string of the molecule is CSCCN(C)S(=O)(=O)c1c(C)oc(C)c1CNC1CC1. The molecule has 0 aromatic carbocycles. The van der Waals surface area contributed by atoms with Crippen LogP contribution in [0.3, 0.4) is 0 Å². The lowest BCUT2D eigenvalue weighted by Gasteiger charge is -2.17. The van der Waals surface area contributed by atoms with Gasteiger partial charge in [0.2, 0.25) is 10.0 Å². The Kier molecular flexibility index (Phi) is 5.40. The molecule has 1 aromatic heterocycles. The van der Waals surface area contributed by atoms with Crippen LogP contribution >= 0.6 is 11.8 Å². The van der Waals surface area contributed by atoms with Gasteiger partial charge in [-0.15, -0.1) is 0 Å². The van der Waals surface area contributed by atoms with E-state index < -0.39 is 10.0 Å². The van der Waals surface area contributed by atoms with Crippen molar-refractivity contribution in [3.05, 3.63) is 17.1 Å². The normalized spacial score (nSPS) is 15.9. The molecule has 0 atom stereocenters. The minimum Gasteiger partial charge on any atom is -0.465 e. The average Bonchev–Trinajstić information content (AvgIpc) is 3.19. The Morgan fingerprint density at radius 1 is 1.33 bits per heavy atom. The van der Waals surface area contributed by atoms with E-state index in [1.54, 1.807) is 25.7 Å². The van der Waals surface area contributed by atoms with Crippen LogP contribution in [0.15, 0.2) is 9.31 Å². The fraction of sp³-hybridized carbons (Fsp3) is 0.714. The van der Waals surface area contributed by atoms with E-state index in [0.29, 0.717) is 35.5 Å². The van der Waals surface area contributed by atoms with E-state index in [0.717, 1.165) is 11.3 Å². The molecule has 0 unspecified atom stereocenters. The molecule has 0 spiro atoms. The van der Waals surface area contributed by atoms with E-state index in [1.165, 1.54) is 17.1 Å². The summed E-state index contributed by atoms with van der Waals surface area (Å²) in [5.41, 5.74) is 0.774. The summed E-state index contributed by atoms with van der Waals surface area (Å²) in [7, 11) is -1.86. The van der Waals surface area contributed by atoms with Crippen LogP contribution in [0.5, 0.6) is 0 Å². The van der Waals surface area contributed by atoms with Crippen LogP contribution in [0.1, 0.15) is 29.9 Å². The minimum absolute atomic E-state index is 0.344. The second-order valence-electron chi connectivity index (χ2n) is 5.50. The highest BCUT2D eigenvalue weighted by Gasteiger charge is 2.31. The Hall–Kier alpha value is -0.500. The summed E-state index contributed by atoms with van der Waals surface area (Å²) in [6.45, 7) is 4.61. The van der Waals surface area contributed by atoms with Crippen LogP contribution in [0.2, 0.25) is 0 Å². The number of thioether (sulfide) groups is 1. The van der Waals surface area contributed by atoms with Gasteiger partial charge in [0.05, 0.1) is 0 Å². The molecule has 120 valence electrons. The molecule has 1 fully saturated rings. The molecule has 0 saturated heterocycles. The lowest BCUT2D eigenvalue weighted by molar-refractivity contribution is 0.475. The van der Waals surface area contributed by atoms with Crippen LogP contribution in [-0.2, 0) is 16.6 Å². The summed E-state index contributed by atoms with van der Waals surface area (Å²) >= 11 is 1.64. The lowest BCUT2D eigenvalue weighted by atomic mass is 10.2. The van der Waals surface area contributed by atoms with Crippen molar-refractivity contribution >= 4 is 21.8 Å². The molecule has 0 bridgehead atoms. The summed E-state index contributed by atoms with van der Waals surface area (Å²) in [4.78, 5) is 0.344. The van der Waals surface area contributed by atoms with Crippen molar-refractivity contribution in [2.75, 3.05) is 25.6 Å². The Balaban J connectivity index is 2.27. The van der Waals surface area contributed by atoms with Crippen LogP contribution in [-0.4, -0.2) is 44.4 Å². The predicted molar refractivity (Wildman–Crippen MR) is 86.2 cm³/mol. The van der Waals surface area contributed by atoms with Gasteiger partial charge in [-0.1, -0.05) is 0 Å². The van der Waals surface area contributed by atoms with E-state index >= 15 is 0 Å². The van der Waals surface area contributed by atoms with Gasteiger partial charge < -0.3 is 9.73 Å². The molecule has 1 aliphatic carbocycles. The molecule has 1 heterocycles. The van der Waals surface area contributed by atoms with Crippen LogP contribution in [0, 0.1) is 13.8 Å². The van der Waals surface area contributed by atoms with Gasteiger partial charge in [-0.05, 0) is 32.9 Å². The Labute approximate surface area is 131 Å². The molecule has 21 heavy (non-hydrogen) atoms. The van der Waals surface area contributed by atoms with Crippen LogP contribution in [0.4, 0.5) is 0 Å². The van der Waals surface area contributed by atoms with Crippen molar-refractivity contribution < 1.29 is 12.8 Å². The summed E-state index contributed by atoms with van der Waals surface area (Å²) < 4.78 is 32.6. The van der Waals surface area contributed by atoms with Gasteiger partial charge in [-0.2, -0.15) is 16.1 Å². The number of furan rings is 1. The maximum atomic E-state index is 12.8. The topological polar surface area (TPSA) is 62.6 Å². The van der Waals surface area contributed by atoms with Gasteiger partial charge in [-0.3, -0.25) is 0 Å². The quantitative estimate of drug-likeness (QED) is 0.790. The molecule has 1 saturated carbocycles. The van der Waals surface area contributed by atoms with Crippen molar-refractivity contribution in [1.82, 2.24) is 9.62 Å². The largest absolute Gasteiger partial charge is 0.465 e. The van der Waals surface area contributed by atoms with Gasteiger partial charge in [-0.25, -0.2) is 8.42 Å². The number of nitrogens with one attached hydrogen (secondary N) is 1. The van der Waals surface area contributed by atoms with Crippen molar-refractivity contribution in [3.8, 4) is 0 Å². The molecule has 7 heteroatoms. The highest BCUT2D eigenvalue weighted by Crippen LogP contribution is 2.30. The average molecular weight is 332 g/mol. The van der Waals surface area contributed by atoms with Gasteiger partial charge in [0, 0.05) is 37.5 Å². The van der Waals surface area contributed by atoms with Crippen molar-refractivity contribution in [2.45, 2.75) is 44.2 Å². The highest BCUT2D eigenvalue weighted by atomic mass is 32.2. The first-order valence-electron chi connectivity index (χ1n) is 7.15. The molecular formula is C14H24N2O3S2. The van der Waals surface area contributed by atoms with Gasteiger partial charge in [0.1, 0.15) is 16.4 Å². The monoisotopic (exact) mass is 332 g/mol. The van der Waals surface area contributed by atoms with Gasteiger partial charge in [0.25, 0.3) is 0 Å². The maximum Gasteiger partial charge on any atom is 0.246 e. The van der Waals surface area contributed by atoms with Crippen molar-refractivity contribution in [2.24, 2.45) is 0 Å². The summed E-state index contributed by atoms with van der Waals surface area (Å²) in [6.07, 6.45) is 4.32. The molecule has 1 N–H and O–H groups in total. The molecule has 1 aromatic rings. The Bertz CT molecular complexity index is 592. The van der Waals surface area contributed by atoms with E-state index in [1.807, 2.05) is 13.2 Å². The first-order valence-corrected chi connectivity index (χ1v) is 9.98. The van der Waals surface area contributed by atoms with Crippen molar-refractivity contribution in [3.63, 3.8) is 0 Å². The maximum absolute atomic E-state index is 12.8. The Morgan fingerprint density at radius 3 is 2.57 bits per heavy atom. The number of sulfonamides is 1.